The van der Waals surface area contributed by atoms with Gasteiger partial charge in [-0.2, -0.15) is 0 Å². The van der Waals surface area contributed by atoms with E-state index in [1.54, 1.807) is 19.1 Å². The first-order valence-electron chi connectivity index (χ1n) is 6.95. The molecular formula is C16H16F2N2O2S. The van der Waals surface area contributed by atoms with Crippen LogP contribution in [0.5, 0.6) is 0 Å². The smallest absolute Gasteiger partial charge is 0.261 e. The minimum absolute atomic E-state index is 0.148. The van der Waals surface area contributed by atoms with Crippen molar-refractivity contribution in [1.29, 1.82) is 0 Å². The van der Waals surface area contributed by atoms with Crippen molar-refractivity contribution < 1.29 is 18.4 Å². The van der Waals surface area contributed by atoms with E-state index in [-0.39, 0.29) is 17.4 Å². The van der Waals surface area contributed by atoms with E-state index in [9.17, 15) is 18.4 Å². The Morgan fingerprint density at radius 2 is 1.96 bits per heavy atom. The highest BCUT2D eigenvalue weighted by Gasteiger charge is 2.16. The summed E-state index contributed by atoms with van der Waals surface area (Å²) in [7, 11) is 0. The summed E-state index contributed by atoms with van der Waals surface area (Å²) in [5.41, 5.74) is 0.217. The van der Waals surface area contributed by atoms with E-state index in [0.717, 1.165) is 17.0 Å². The average molecular weight is 338 g/mol. The van der Waals surface area contributed by atoms with Gasteiger partial charge in [-0.3, -0.25) is 9.59 Å². The fourth-order valence-corrected chi connectivity index (χ4v) is 2.86. The van der Waals surface area contributed by atoms with Gasteiger partial charge in [0.2, 0.25) is 5.91 Å². The quantitative estimate of drug-likeness (QED) is 0.880. The summed E-state index contributed by atoms with van der Waals surface area (Å²) in [6.45, 7) is 3.40. The molecule has 7 heteroatoms. The maximum atomic E-state index is 13.7. The first kappa shape index (κ1) is 17.1. The molecule has 1 atom stereocenters. The number of amides is 2. The molecule has 2 rings (SSSR count). The fraction of sp³-hybridized carbons (Fsp3) is 0.250. The van der Waals surface area contributed by atoms with Gasteiger partial charge in [0.1, 0.15) is 11.6 Å². The van der Waals surface area contributed by atoms with Gasteiger partial charge in [0, 0.05) is 23.4 Å². The molecule has 0 radical (unpaired) electrons. The van der Waals surface area contributed by atoms with Crippen LogP contribution in [0.1, 0.15) is 40.0 Å². The van der Waals surface area contributed by atoms with Gasteiger partial charge in [0.15, 0.2) is 0 Å². The van der Waals surface area contributed by atoms with Crippen LogP contribution in [0.4, 0.5) is 8.78 Å². The zero-order valence-electron chi connectivity index (χ0n) is 12.7. The summed E-state index contributed by atoms with van der Waals surface area (Å²) in [6, 6.07) is 6.05. The van der Waals surface area contributed by atoms with Crippen molar-refractivity contribution in [1.82, 2.24) is 10.6 Å². The van der Waals surface area contributed by atoms with Crippen LogP contribution in [0.3, 0.4) is 0 Å². The Morgan fingerprint density at radius 3 is 2.61 bits per heavy atom. The average Bonchev–Trinajstić information content (AvgIpc) is 2.93. The highest BCUT2D eigenvalue weighted by atomic mass is 32.1. The number of halogens is 2. The van der Waals surface area contributed by atoms with E-state index in [4.69, 9.17) is 0 Å². The van der Waals surface area contributed by atoms with Crippen LogP contribution in [0.2, 0.25) is 0 Å². The van der Waals surface area contributed by atoms with E-state index < -0.39 is 17.7 Å². The van der Waals surface area contributed by atoms with Crippen LogP contribution < -0.4 is 10.6 Å². The summed E-state index contributed by atoms with van der Waals surface area (Å²) >= 11 is 1.25. The number of carbonyl (C=O) groups excluding carboxylic acids is 2. The maximum Gasteiger partial charge on any atom is 0.261 e. The minimum atomic E-state index is -0.699. The van der Waals surface area contributed by atoms with Crippen LogP contribution in [0.25, 0.3) is 0 Å². The van der Waals surface area contributed by atoms with Crippen LogP contribution in [-0.2, 0) is 11.3 Å². The number of carbonyl (C=O) groups is 2. The molecular weight excluding hydrogens is 322 g/mol. The predicted octanol–water partition coefficient (Wildman–Crippen LogP) is 3.15. The van der Waals surface area contributed by atoms with Gasteiger partial charge < -0.3 is 10.6 Å². The highest BCUT2D eigenvalue weighted by Crippen LogP contribution is 2.20. The Hall–Kier alpha value is -2.28. The molecule has 23 heavy (non-hydrogen) atoms. The van der Waals surface area contributed by atoms with Gasteiger partial charge in [-0.15, -0.1) is 11.3 Å². The molecule has 2 aromatic rings. The van der Waals surface area contributed by atoms with E-state index in [0.29, 0.717) is 11.4 Å². The highest BCUT2D eigenvalue weighted by molar-refractivity contribution is 7.14. The van der Waals surface area contributed by atoms with Gasteiger partial charge in [-0.25, -0.2) is 8.78 Å². The SMILES string of the molecule is CC(=O)NCc1ccc(C(=O)NC(C)c2ccc(F)cc2F)s1. The number of benzene rings is 1. The molecule has 0 spiro atoms. The summed E-state index contributed by atoms with van der Waals surface area (Å²) in [5, 5.41) is 5.32. The van der Waals surface area contributed by atoms with Crippen molar-refractivity contribution in [2.45, 2.75) is 26.4 Å². The lowest BCUT2D eigenvalue weighted by atomic mass is 10.1. The van der Waals surface area contributed by atoms with Crippen LogP contribution >= 0.6 is 11.3 Å². The normalized spacial score (nSPS) is 11.8. The van der Waals surface area contributed by atoms with Gasteiger partial charge in [-0.1, -0.05) is 6.07 Å². The van der Waals surface area contributed by atoms with Gasteiger partial charge >= 0.3 is 0 Å². The Bertz CT molecular complexity index is 731. The Balaban J connectivity index is 2.02. The number of rotatable bonds is 5. The van der Waals surface area contributed by atoms with Crippen LogP contribution in [0, 0.1) is 11.6 Å². The Labute approximate surface area is 136 Å². The molecule has 0 aliphatic rings. The third-order valence-corrected chi connectivity index (χ3v) is 4.26. The molecule has 0 aliphatic heterocycles. The van der Waals surface area contributed by atoms with Gasteiger partial charge in [0.05, 0.1) is 17.5 Å². The van der Waals surface area contributed by atoms with Crippen LogP contribution in [-0.4, -0.2) is 11.8 Å². The monoisotopic (exact) mass is 338 g/mol. The molecule has 2 amide bonds. The minimum Gasteiger partial charge on any atom is -0.351 e. The van der Waals surface area contributed by atoms with E-state index >= 15 is 0 Å². The van der Waals surface area contributed by atoms with E-state index in [1.807, 2.05) is 0 Å². The lowest BCUT2D eigenvalue weighted by molar-refractivity contribution is -0.119. The lowest BCUT2D eigenvalue weighted by Crippen LogP contribution is -2.26. The van der Waals surface area contributed by atoms with Crippen molar-refractivity contribution in [3.05, 3.63) is 57.3 Å². The molecule has 0 saturated carbocycles. The van der Waals surface area contributed by atoms with Gasteiger partial charge in [0.25, 0.3) is 5.91 Å². The first-order valence-corrected chi connectivity index (χ1v) is 7.77. The Kier molecular flexibility index (Phi) is 5.44. The zero-order chi connectivity index (χ0) is 17.0. The molecule has 1 unspecified atom stereocenters. The van der Waals surface area contributed by atoms with Crippen molar-refractivity contribution in [3.8, 4) is 0 Å². The number of hydrogen-bond donors (Lipinski definition) is 2. The maximum absolute atomic E-state index is 13.7. The number of thiophene rings is 1. The molecule has 1 aromatic heterocycles. The van der Waals surface area contributed by atoms with E-state index in [1.165, 1.54) is 24.3 Å². The molecule has 1 aromatic carbocycles. The van der Waals surface area contributed by atoms with Crippen molar-refractivity contribution >= 4 is 23.2 Å². The molecule has 0 saturated heterocycles. The first-order chi connectivity index (χ1) is 10.9. The molecule has 122 valence electrons. The van der Waals surface area contributed by atoms with Gasteiger partial charge in [-0.05, 0) is 25.1 Å². The zero-order valence-corrected chi connectivity index (χ0v) is 13.5. The largest absolute Gasteiger partial charge is 0.351 e. The number of nitrogens with one attached hydrogen (secondary N) is 2. The second kappa shape index (κ2) is 7.32. The molecule has 0 aliphatic carbocycles. The third-order valence-electron chi connectivity index (χ3n) is 3.17. The predicted molar refractivity (Wildman–Crippen MR) is 84.1 cm³/mol. The van der Waals surface area contributed by atoms with Crippen molar-refractivity contribution in [2.24, 2.45) is 0 Å². The summed E-state index contributed by atoms with van der Waals surface area (Å²) in [4.78, 5) is 24.3. The third kappa shape index (κ3) is 4.59. The van der Waals surface area contributed by atoms with Crippen molar-refractivity contribution in [3.63, 3.8) is 0 Å². The van der Waals surface area contributed by atoms with E-state index in [2.05, 4.69) is 10.6 Å². The topological polar surface area (TPSA) is 58.2 Å². The van der Waals surface area contributed by atoms with Crippen molar-refractivity contribution in [2.75, 3.05) is 0 Å². The Morgan fingerprint density at radius 1 is 1.22 bits per heavy atom. The summed E-state index contributed by atoms with van der Waals surface area (Å²) in [5.74, 6) is -1.86. The molecule has 2 N–H and O–H groups in total. The summed E-state index contributed by atoms with van der Waals surface area (Å²) in [6.07, 6.45) is 0. The second-order valence-corrected chi connectivity index (χ2v) is 6.21. The van der Waals surface area contributed by atoms with Crippen LogP contribution in [0.15, 0.2) is 30.3 Å². The lowest BCUT2D eigenvalue weighted by Gasteiger charge is -2.14. The molecule has 0 bridgehead atoms. The molecule has 4 nitrogen and oxygen atoms in total. The summed E-state index contributed by atoms with van der Waals surface area (Å²) < 4.78 is 26.6. The molecule has 1 heterocycles. The fourth-order valence-electron chi connectivity index (χ4n) is 2.00. The second-order valence-electron chi connectivity index (χ2n) is 5.04. The molecule has 0 fully saturated rings. The number of hydrogen-bond acceptors (Lipinski definition) is 3. The standard InChI is InChI=1S/C16H16F2N2O2S/c1-9(13-5-3-11(17)7-14(13)18)20-16(22)15-6-4-12(23-15)8-19-10(2)21/h3-7,9H,8H2,1-2H3,(H,19,21)(H,20,22).